The SMILES string of the molecule is Clc1nccnc1Nc1ccc(I)cc1. The normalized spacial score (nSPS) is 10.0. The summed E-state index contributed by atoms with van der Waals surface area (Å²) in [5.74, 6) is 0.570. The first kappa shape index (κ1) is 10.6. The Morgan fingerprint density at radius 2 is 1.73 bits per heavy atom. The number of halogens is 2. The van der Waals surface area contributed by atoms with Crippen molar-refractivity contribution in [1.82, 2.24) is 9.97 Å². The Labute approximate surface area is 106 Å². The molecule has 0 saturated heterocycles. The number of hydrogen-bond donors (Lipinski definition) is 1. The van der Waals surface area contributed by atoms with Crippen molar-refractivity contribution in [3.63, 3.8) is 0 Å². The second kappa shape index (κ2) is 4.76. The second-order valence-electron chi connectivity index (χ2n) is 2.83. The summed E-state index contributed by atoms with van der Waals surface area (Å²) in [5, 5.41) is 3.46. The third-order valence-electron chi connectivity index (χ3n) is 1.76. The van der Waals surface area contributed by atoms with E-state index in [2.05, 4.69) is 37.9 Å². The van der Waals surface area contributed by atoms with Crippen LogP contribution >= 0.6 is 34.2 Å². The largest absolute Gasteiger partial charge is 0.338 e. The minimum Gasteiger partial charge on any atom is -0.338 e. The monoisotopic (exact) mass is 331 g/mol. The summed E-state index contributed by atoms with van der Waals surface area (Å²) in [6.45, 7) is 0. The van der Waals surface area contributed by atoms with Gasteiger partial charge in [-0.25, -0.2) is 9.97 Å². The van der Waals surface area contributed by atoms with Crippen molar-refractivity contribution >= 4 is 45.7 Å². The van der Waals surface area contributed by atoms with Crippen LogP contribution in [0, 0.1) is 3.57 Å². The zero-order chi connectivity index (χ0) is 10.7. The van der Waals surface area contributed by atoms with Gasteiger partial charge in [-0.1, -0.05) is 11.6 Å². The minimum atomic E-state index is 0.371. The molecule has 0 aliphatic heterocycles. The lowest BCUT2D eigenvalue weighted by Gasteiger charge is -2.05. The van der Waals surface area contributed by atoms with E-state index >= 15 is 0 Å². The molecule has 1 aromatic heterocycles. The smallest absolute Gasteiger partial charge is 0.171 e. The number of aromatic nitrogens is 2. The Bertz CT molecular complexity index is 458. The molecule has 3 nitrogen and oxygen atoms in total. The van der Waals surface area contributed by atoms with Gasteiger partial charge in [0.15, 0.2) is 11.0 Å². The maximum atomic E-state index is 5.87. The third-order valence-corrected chi connectivity index (χ3v) is 2.76. The molecule has 1 N–H and O–H groups in total. The maximum absolute atomic E-state index is 5.87. The molecule has 0 saturated carbocycles. The highest BCUT2D eigenvalue weighted by Crippen LogP contribution is 2.20. The lowest BCUT2D eigenvalue weighted by molar-refractivity contribution is 1.20. The Balaban J connectivity index is 2.22. The van der Waals surface area contributed by atoms with Crippen LogP contribution in [0.1, 0.15) is 0 Å². The van der Waals surface area contributed by atoms with Crippen LogP contribution in [0.4, 0.5) is 11.5 Å². The van der Waals surface area contributed by atoms with E-state index in [-0.39, 0.29) is 0 Å². The van der Waals surface area contributed by atoms with Crippen molar-refractivity contribution in [3.05, 3.63) is 45.4 Å². The van der Waals surface area contributed by atoms with Crippen molar-refractivity contribution in [1.29, 1.82) is 0 Å². The zero-order valence-corrected chi connectivity index (χ0v) is 10.5. The summed E-state index contributed by atoms with van der Waals surface area (Å²) in [6, 6.07) is 7.94. The van der Waals surface area contributed by atoms with E-state index in [0.29, 0.717) is 11.0 Å². The number of benzene rings is 1. The Hall–Kier alpha value is -0.880. The van der Waals surface area contributed by atoms with Gasteiger partial charge in [0, 0.05) is 21.7 Å². The fraction of sp³-hybridized carbons (Fsp3) is 0. The Morgan fingerprint density at radius 3 is 2.40 bits per heavy atom. The summed E-state index contributed by atoms with van der Waals surface area (Å²) >= 11 is 8.12. The van der Waals surface area contributed by atoms with Crippen LogP contribution in [-0.2, 0) is 0 Å². The number of rotatable bonds is 2. The Morgan fingerprint density at radius 1 is 1.07 bits per heavy atom. The number of anilines is 2. The van der Waals surface area contributed by atoms with Crippen LogP contribution in [0.2, 0.25) is 5.15 Å². The van der Waals surface area contributed by atoms with Crippen LogP contribution in [-0.4, -0.2) is 9.97 Å². The molecular formula is C10H7ClIN3. The third kappa shape index (κ3) is 2.79. The van der Waals surface area contributed by atoms with Crippen LogP contribution in [0.25, 0.3) is 0 Å². The van der Waals surface area contributed by atoms with Gasteiger partial charge in [0.25, 0.3) is 0 Å². The lowest BCUT2D eigenvalue weighted by atomic mass is 10.3. The van der Waals surface area contributed by atoms with Gasteiger partial charge in [0.2, 0.25) is 0 Å². The van der Waals surface area contributed by atoms with Crippen molar-refractivity contribution in [2.45, 2.75) is 0 Å². The van der Waals surface area contributed by atoms with Crippen LogP contribution < -0.4 is 5.32 Å². The predicted octanol–water partition coefficient (Wildman–Crippen LogP) is 3.48. The zero-order valence-electron chi connectivity index (χ0n) is 7.61. The van der Waals surface area contributed by atoms with Gasteiger partial charge in [-0.15, -0.1) is 0 Å². The topological polar surface area (TPSA) is 37.8 Å². The molecule has 0 fully saturated rings. The predicted molar refractivity (Wildman–Crippen MR) is 69.5 cm³/mol. The quantitative estimate of drug-likeness (QED) is 0.856. The molecule has 1 aromatic carbocycles. The molecule has 0 aliphatic rings. The van der Waals surface area contributed by atoms with E-state index in [1.54, 1.807) is 12.4 Å². The van der Waals surface area contributed by atoms with Crippen LogP contribution in [0.5, 0.6) is 0 Å². The summed E-state index contributed by atoms with van der Waals surface area (Å²) < 4.78 is 1.18. The summed E-state index contributed by atoms with van der Waals surface area (Å²) in [5.41, 5.74) is 0.942. The summed E-state index contributed by atoms with van der Waals surface area (Å²) in [4.78, 5) is 8.02. The van der Waals surface area contributed by atoms with Crippen molar-refractivity contribution < 1.29 is 0 Å². The van der Waals surface area contributed by atoms with Gasteiger partial charge in [-0.05, 0) is 46.9 Å². The molecule has 0 spiro atoms. The lowest BCUT2D eigenvalue weighted by Crippen LogP contribution is -1.95. The average molecular weight is 332 g/mol. The number of nitrogens with zero attached hydrogens (tertiary/aromatic N) is 2. The molecule has 0 radical (unpaired) electrons. The van der Waals surface area contributed by atoms with E-state index in [1.165, 1.54) is 3.57 Å². The van der Waals surface area contributed by atoms with E-state index in [4.69, 9.17) is 11.6 Å². The van der Waals surface area contributed by atoms with E-state index in [9.17, 15) is 0 Å². The van der Waals surface area contributed by atoms with E-state index < -0.39 is 0 Å². The number of nitrogens with one attached hydrogen (secondary N) is 1. The molecule has 5 heteroatoms. The van der Waals surface area contributed by atoms with E-state index in [0.717, 1.165) is 5.69 Å². The van der Waals surface area contributed by atoms with Crippen molar-refractivity contribution in [2.24, 2.45) is 0 Å². The van der Waals surface area contributed by atoms with Crippen molar-refractivity contribution in [2.75, 3.05) is 5.32 Å². The van der Waals surface area contributed by atoms with Crippen LogP contribution in [0.3, 0.4) is 0 Å². The first-order valence-electron chi connectivity index (χ1n) is 4.25. The molecule has 0 unspecified atom stereocenters. The average Bonchev–Trinajstić information content (AvgIpc) is 2.25. The molecule has 2 aromatic rings. The molecule has 0 aliphatic carbocycles. The first-order chi connectivity index (χ1) is 7.25. The number of hydrogen-bond acceptors (Lipinski definition) is 3. The fourth-order valence-electron chi connectivity index (χ4n) is 1.07. The first-order valence-corrected chi connectivity index (χ1v) is 5.70. The van der Waals surface area contributed by atoms with Gasteiger partial charge < -0.3 is 5.32 Å². The molecule has 2 rings (SSSR count). The molecule has 76 valence electrons. The standard InChI is InChI=1S/C10H7ClIN3/c11-9-10(14-6-5-13-9)15-8-3-1-7(12)2-4-8/h1-6H,(H,14,15). The van der Waals surface area contributed by atoms with Gasteiger partial charge in [-0.2, -0.15) is 0 Å². The molecule has 0 atom stereocenters. The molecule has 0 amide bonds. The molecular weight excluding hydrogens is 324 g/mol. The maximum Gasteiger partial charge on any atom is 0.171 e. The fourth-order valence-corrected chi connectivity index (χ4v) is 1.59. The van der Waals surface area contributed by atoms with Gasteiger partial charge in [0.1, 0.15) is 0 Å². The van der Waals surface area contributed by atoms with Gasteiger partial charge in [0.05, 0.1) is 0 Å². The van der Waals surface area contributed by atoms with E-state index in [1.807, 2.05) is 24.3 Å². The second-order valence-corrected chi connectivity index (χ2v) is 4.43. The summed E-state index contributed by atoms with van der Waals surface area (Å²) in [6.07, 6.45) is 3.16. The Kier molecular flexibility index (Phi) is 3.37. The molecule has 15 heavy (non-hydrogen) atoms. The highest BCUT2D eigenvalue weighted by molar-refractivity contribution is 14.1. The van der Waals surface area contributed by atoms with Gasteiger partial charge in [-0.3, -0.25) is 0 Å². The highest BCUT2D eigenvalue weighted by atomic mass is 127. The highest BCUT2D eigenvalue weighted by Gasteiger charge is 2.01. The molecule has 0 bridgehead atoms. The van der Waals surface area contributed by atoms with Crippen LogP contribution in [0.15, 0.2) is 36.7 Å². The summed E-state index contributed by atoms with van der Waals surface area (Å²) in [7, 11) is 0. The molecule has 1 heterocycles. The van der Waals surface area contributed by atoms with Crippen molar-refractivity contribution in [3.8, 4) is 0 Å². The van der Waals surface area contributed by atoms with Gasteiger partial charge >= 0.3 is 0 Å². The minimum absolute atomic E-state index is 0.371.